The van der Waals surface area contributed by atoms with Crippen molar-refractivity contribution in [2.75, 3.05) is 13.2 Å². The molecule has 4 aromatic rings. The Labute approximate surface area is 254 Å². The van der Waals surface area contributed by atoms with Crippen molar-refractivity contribution in [3.8, 4) is 17.0 Å². The molecule has 0 aliphatic carbocycles. The number of hydrogen-bond donors (Lipinski definition) is 3. The van der Waals surface area contributed by atoms with Gasteiger partial charge in [-0.05, 0) is 58.0 Å². The number of urea groups is 1. The summed E-state index contributed by atoms with van der Waals surface area (Å²) in [5, 5.41) is 12.5. The van der Waals surface area contributed by atoms with Gasteiger partial charge < -0.3 is 20.1 Å². The monoisotopic (exact) mass is 690 g/mol. The van der Waals surface area contributed by atoms with Gasteiger partial charge in [-0.2, -0.15) is 0 Å². The van der Waals surface area contributed by atoms with Gasteiger partial charge in [0.05, 0.1) is 11.6 Å². The fourth-order valence-electron chi connectivity index (χ4n) is 4.79. The highest BCUT2D eigenvalue weighted by Crippen LogP contribution is 2.41. The number of amides is 3. The number of aromatic nitrogens is 2. The number of carbonyl (C=O) groups is 2. The number of nitrogens with one attached hydrogen (secondary N) is 2. The third-order valence-corrected chi connectivity index (χ3v) is 8.02. The molecule has 1 aromatic heterocycles. The number of aliphatic hydroxyl groups excluding tert-OH is 1. The van der Waals surface area contributed by atoms with Gasteiger partial charge in [0.15, 0.2) is 0 Å². The van der Waals surface area contributed by atoms with Gasteiger partial charge in [0, 0.05) is 15.1 Å². The fraction of sp³-hybridized carbons (Fsp3) is 0.207. The lowest BCUT2D eigenvalue weighted by Gasteiger charge is -2.29. The van der Waals surface area contributed by atoms with Gasteiger partial charge in [-0.25, -0.2) is 9.78 Å². The number of imidazole rings is 1. The van der Waals surface area contributed by atoms with Crippen molar-refractivity contribution in [2.24, 2.45) is 0 Å². The lowest BCUT2D eigenvalue weighted by molar-refractivity contribution is -0.129. The van der Waals surface area contributed by atoms with Gasteiger partial charge in [-0.15, -0.1) is 0 Å². The second kappa shape index (κ2) is 12.2. The van der Waals surface area contributed by atoms with Crippen molar-refractivity contribution < 1.29 is 19.4 Å². The van der Waals surface area contributed by atoms with E-state index in [0.29, 0.717) is 33.4 Å². The zero-order valence-corrected chi connectivity index (χ0v) is 24.9. The molecule has 0 saturated carbocycles. The van der Waals surface area contributed by atoms with E-state index in [9.17, 15) is 9.59 Å². The highest BCUT2D eigenvalue weighted by Gasteiger charge is 2.46. The van der Waals surface area contributed by atoms with E-state index in [-0.39, 0.29) is 24.3 Å². The van der Waals surface area contributed by atoms with E-state index in [4.69, 9.17) is 38.0 Å². The van der Waals surface area contributed by atoms with E-state index in [1.807, 2.05) is 55.5 Å². The number of benzene rings is 3. The molecule has 1 unspecified atom stereocenters. The summed E-state index contributed by atoms with van der Waals surface area (Å²) in [4.78, 5) is 36.4. The Morgan fingerprint density at radius 3 is 2.48 bits per heavy atom. The molecule has 3 amide bonds. The lowest BCUT2D eigenvalue weighted by Crippen LogP contribution is -2.38. The van der Waals surface area contributed by atoms with Crippen LogP contribution in [0.4, 0.5) is 4.79 Å². The van der Waals surface area contributed by atoms with Crippen LogP contribution in [0.3, 0.4) is 0 Å². The highest BCUT2D eigenvalue weighted by atomic mass is 127. The minimum atomic E-state index is -0.889. The first-order valence-electron chi connectivity index (χ1n) is 12.5. The molecule has 1 saturated heterocycles. The van der Waals surface area contributed by atoms with Crippen LogP contribution >= 0.6 is 45.8 Å². The number of rotatable bonds is 9. The highest BCUT2D eigenvalue weighted by molar-refractivity contribution is 14.1. The SMILES string of the molecule is C[C@@H](c1ccccc1)[C@@H](c1nc(-c2ccc(I)cc2Cl)c(Cl)[nH]1)N1C(=O)NC(c2ccc(OCCO)cc2)C1=O. The number of ether oxygens (including phenoxy) is 1. The average molecular weight is 691 g/mol. The number of imide groups is 1. The van der Waals surface area contributed by atoms with Crippen molar-refractivity contribution in [1.82, 2.24) is 20.2 Å². The lowest BCUT2D eigenvalue weighted by atomic mass is 9.91. The molecule has 3 N–H and O–H groups in total. The molecule has 8 nitrogen and oxygen atoms in total. The van der Waals surface area contributed by atoms with Crippen LogP contribution < -0.4 is 10.1 Å². The summed E-state index contributed by atoms with van der Waals surface area (Å²) in [6.45, 7) is 1.99. The number of hydrogen-bond acceptors (Lipinski definition) is 5. The van der Waals surface area contributed by atoms with Crippen LogP contribution in [-0.2, 0) is 4.79 Å². The summed E-state index contributed by atoms with van der Waals surface area (Å²) in [5.74, 6) is 0.172. The molecule has 1 fully saturated rings. The number of halogens is 3. The first-order chi connectivity index (χ1) is 19.3. The van der Waals surface area contributed by atoms with Crippen molar-refractivity contribution in [3.63, 3.8) is 0 Å². The largest absolute Gasteiger partial charge is 0.491 e. The average Bonchev–Trinajstić information content (AvgIpc) is 3.47. The van der Waals surface area contributed by atoms with Crippen molar-refractivity contribution >= 4 is 57.7 Å². The van der Waals surface area contributed by atoms with Crippen LogP contribution in [0.15, 0.2) is 72.8 Å². The molecule has 0 radical (unpaired) electrons. The molecule has 40 heavy (non-hydrogen) atoms. The van der Waals surface area contributed by atoms with Gasteiger partial charge >= 0.3 is 6.03 Å². The molecule has 206 valence electrons. The second-order valence-corrected chi connectivity index (χ2v) is 11.3. The van der Waals surface area contributed by atoms with Crippen LogP contribution in [-0.4, -0.2) is 45.1 Å². The Morgan fingerprint density at radius 1 is 1.07 bits per heavy atom. The standard InChI is InChI=1S/C29H25Cl2IN4O4/c1-16(17-5-3-2-4-6-17)25(27-33-24(26(31)35-27)21-12-9-19(32)15-22(21)30)36-28(38)23(34-29(36)39)18-7-10-20(11-8-18)40-14-13-37/h2-12,15-16,23,25,37H,13-14H2,1H3,(H,33,35)(H,34,39)/t16-,23?,25-/m0/s1. The number of aliphatic hydroxyl groups is 1. The van der Waals surface area contributed by atoms with Gasteiger partial charge in [0.2, 0.25) is 0 Å². The van der Waals surface area contributed by atoms with Crippen LogP contribution in [0.1, 0.15) is 41.9 Å². The van der Waals surface area contributed by atoms with Crippen molar-refractivity contribution in [2.45, 2.75) is 24.9 Å². The first-order valence-corrected chi connectivity index (χ1v) is 14.3. The molecule has 0 spiro atoms. The van der Waals surface area contributed by atoms with E-state index in [1.54, 1.807) is 24.3 Å². The molecule has 5 rings (SSSR count). The summed E-state index contributed by atoms with van der Waals surface area (Å²) in [5.41, 5.74) is 2.60. The third-order valence-electron chi connectivity index (χ3n) is 6.77. The third kappa shape index (κ3) is 5.69. The predicted molar refractivity (Wildman–Crippen MR) is 162 cm³/mol. The van der Waals surface area contributed by atoms with Gasteiger partial charge in [0.25, 0.3) is 5.91 Å². The van der Waals surface area contributed by atoms with Crippen molar-refractivity contribution in [1.29, 1.82) is 0 Å². The predicted octanol–water partition coefficient (Wildman–Crippen LogP) is 6.50. The van der Waals surface area contributed by atoms with E-state index in [2.05, 4.69) is 32.9 Å². The topological polar surface area (TPSA) is 108 Å². The van der Waals surface area contributed by atoms with E-state index in [0.717, 1.165) is 9.13 Å². The minimum absolute atomic E-state index is 0.108. The maximum Gasteiger partial charge on any atom is 0.325 e. The molecule has 3 atom stereocenters. The maximum absolute atomic E-state index is 13.9. The smallest absolute Gasteiger partial charge is 0.325 e. The number of carbonyl (C=O) groups excluding carboxylic acids is 2. The molecular weight excluding hydrogens is 666 g/mol. The molecule has 11 heteroatoms. The Morgan fingerprint density at radius 2 is 1.80 bits per heavy atom. The van der Waals surface area contributed by atoms with Crippen LogP contribution in [0.5, 0.6) is 5.75 Å². The summed E-state index contributed by atoms with van der Waals surface area (Å²) >= 11 is 15.3. The Balaban J connectivity index is 1.53. The van der Waals surface area contributed by atoms with Gasteiger partial charge in [-0.1, -0.05) is 78.7 Å². The Hall–Kier alpha value is -3.12. The summed E-state index contributed by atoms with van der Waals surface area (Å²) < 4.78 is 6.38. The maximum atomic E-state index is 13.9. The summed E-state index contributed by atoms with van der Waals surface area (Å²) in [6.07, 6.45) is 0. The molecule has 2 heterocycles. The molecule has 1 aliphatic heterocycles. The zero-order chi connectivity index (χ0) is 28.4. The summed E-state index contributed by atoms with van der Waals surface area (Å²) in [7, 11) is 0. The zero-order valence-electron chi connectivity index (χ0n) is 21.3. The molecule has 3 aromatic carbocycles. The van der Waals surface area contributed by atoms with Crippen LogP contribution in [0.25, 0.3) is 11.3 Å². The fourth-order valence-corrected chi connectivity index (χ4v) is 5.98. The number of H-pyrrole nitrogens is 1. The van der Waals surface area contributed by atoms with Gasteiger partial charge in [0.1, 0.15) is 41.1 Å². The Bertz CT molecular complexity index is 1530. The Kier molecular flexibility index (Phi) is 8.65. The molecule has 1 aliphatic rings. The minimum Gasteiger partial charge on any atom is -0.491 e. The molecule has 0 bridgehead atoms. The second-order valence-electron chi connectivity index (χ2n) is 9.28. The quantitative estimate of drug-likeness (QED) is 0.137. The van der Waals surface area contributed by atoms with Crippen LogP contribution in [0, 0.1) is 3.57 Å². The van der Waals surface area contributed by atoms with Crippen molar-refractivity contribution in [3.05, 3.63) is 103 Å². The van der Waals surface area contributed by atoms with E-state index in [1.165, 1.54) is 4.90 Å². The summed E-state index contributed by atoms with van der Waals surface area (Å²) in [6, 6.07) is 19.8. The molecular formula is C29H25Cl2IN4O4. The van der Waals surface area contributed by atoms with E-state index < -0.39 is 24.0 Å². The van der Waals surface area contributed by atoms with Gasteiger partial charge in [-0.3, -0.25) is 9.69 Å². The number of aromatic amines is 1. The normalized spacial score (nSPS) is 16.6. The first kappa shape index (κ1) is 28.4. The van der Waals surface area contributed by atoms with Crippen LogP contribution in [0.2, 0.25) is 10.2 Å². The van der Waals surface area contributed by atoms with E-state index >= 15 is 0 Å². The number of nitrogens with zero attached hydrogens (tertiary/aromatic N) is 2.